The van der Waals surface area contributed by atoms with Gasteiger partial charge in [-0.3, -0.25) is 4.68 Å². The van der Waals surface area contributed by atoms with Gasteiger partial charge in [-0.1, -0.05) is 18.2 Å². The molecule has 0 aliphatic rings. The number of benzene rings is 1. The van der Waals surface area contributed by atoms with Gasteiger partial charge in [-0.05, 0) is 25.5 Å². The van der Waals surface area contributed by atoms with Gasteiger partial charge in [0.05, 0.1) is 22.6 Å². The monoisotopic (exact) mass is 283 g/mol. The zero-order valence-electron chi connectivity index (χ0n) is 11.5. The third kappa shape index (κ3) is 2.79. The van der Waals surface area contributed by atoms with Gasteiger partial charge in [-0.2, -0.15) is 18.3 Å². The van der Waals surface area contributed by atoms with Crippen molar-refractivity contribution in [3.63, 3.8) is 0 Å². The third-order valence-electron chi connectivity index (χ3n) is 3.29. The first-order valence-electron chi connectivity index (χ1n) is 6.20. The molecule has 108 valence electrons. The Morgan fingerprint density at radius 2 is 1.85 bits per heavy atom. The van der Waals surface area contributed by atoms with Crippen LogP contribution in [-0.2, 0) is 19.8 Å². The lowest BCUT2D eigenvalue weighted by Gasteiger charge is -2.14. The van der Waals surface area contributed by atoms with E-state index < -0.39 is 11.7 Å². The van der Waals surface area contributed by atoms with Crippen LogP contribution in [0.1, 0.15) is 22.5 Å². The van der Waals surface area contributed by atoms with E-state index in [0.717, 1.165) is 23.1 Å². The number of aromatic nitrogens is 2. The SMILES string of the molecule is Cc1nn(C)c(C)c1NCc1ccccc1C(F)(F)F. The van der Waals surface area contributed by atoms with Crippen molar-refractivity contribution < 1.29 is 13.2 Å². The molecule has 20 heavy (non-hydrogen) atoms. The second kappa shape index (κ2) is 5.19. The average Bonchev–Trinajstić information content (AvgIpc) is 2.60. The lowest BCUT2D eigenvalue weighted by atomic mass is 10.1. The van der Waals surface area contributed by atoms with Crippen LogP contribution in [0, 0.1) is 13.8 Å². The Morgan fingerprint density at radius 3 is 2.40 bits per heavy atom. The van der Waals surface area contributed by atoms with E-state index in [9.17, 15) is 13.2 Å². The van der Waals surface area contributed by atoms with Crippen molar-refractivity contribution in [1.29, 1.82) is 0 Å². The predicted molar refractivity (Wildman–Crippen MR) is 71.5 cm³/mol. The summed E-state index contributed by atoms with van der Waals surface area (Å²) in [5.74, 6) is 0. The van der Waals surface area contributed by atoms with Crippen molar-refractivity contribution in [3.05, 3.63) is 46.8 Å². The van der Waals surface area contributed by atoms with E-state index in [-0.39, 0.29) is 12.1 Å². The van der Waals surface area contributed by atoms with Gasteiger partial charge in [0.25, 0.3) is 0 Å². The number of aryl methyl sites for hydroxylation is 2. The molecule has 0 aliphatic heterocycles. The lowest BCUT2D eigenvalue weighted by Crippen LogP contribution is -2.12. The minimum Gasteiger partial charge on any atom is -0.378 e. The number of hydrogen-bond acceptors (Lipinski definition) is 2. The van der Waals surface area contributed by atoms with E-state index in [4.69, 9.17) is 0 Å². The molecule has 0 fully saturated rings. The highest BCUT2D eigenvalue weighted by Crippen LogP contribution is 2.32. The minimum absolute atomic E-state index is 0.114. The fourth-order valence-electron chi connectivity index (χ4n) is 2.16. The average molecular weight is 283 g/mol. The zero-order chi connectivity index (χ0) is 14.9. The maximum Gasteiger partial charge on any atom is 0.416 e. The molecule has 1 heterocycles. The Kier molecular flexibility index (Phi) is 3.74. The van der Waals surface area contributed by atoms with E-state index >= 15 is 0 Å². The van der Waals surface area contributed by atoms with Gasteiger partial charge in [0.2, 0.25) is 0 Å². The van der Waals surface area contributed by atoms with Crippen LogP contribution in [0.5, 0.6) is 0 Å². The largest absolute Gasteiger partial charge is 0.416 e. The van der Waals surface area contributed by atoms with Crippen molar-refractivity contribution in [1.82, 2.24) is 9.78 Å². The molecule has 0 aliphatic carbocycles. The molecule has 3 nitrogen and oxygen atoms in total. The Balaban J connectivity index is 2.24. The van der Waals surface area contributed by atoms with Crippen LogP contribution < -0.4 is 5.32 Å². The molecule has 1 aromatic heterocycles. The van der Waals surface area contributed by atoms with Crippen LogP contribution in [0.2, 0.25) is 0 Å². The molecule has 2 aromatic rings. The van der Waals surface area contributed by atoms with Crippen LogP contribution in [-0.4, -0.2) is 9.78 Å². The highest BCUT2D eigenvalue weighted by molar-refractivity contribution is 5.52. The molecule has 0 amide bonds. The van der Waals surface area contributed by atoms with Crippen LogP contribution in [0.15, 0.2) is 24.3 Å². The van der Waals surface area contributed by atoms with Gasteiger partial charge in [0.15, 0.2) is 0 Å². The predicted octanol–water partition coefficient (Wildman–Crippen LogP) is 3.67. The van der Waals surface area contributed by atoms with E-state index in [0.29, 0.717) is 0 Å². The van der Waals surface area contributed by atoms with Crippen molar-refractivity contribution >= 4 is 5.69 Å². The summed E-state index contributed by atoms with van der Waals surface area (Å²) in [6.07, 6.45) is -4.34. The van der Waals surface area contributed by atoms with Gasteiger partial charge < -0.3 is 5.32 Å². The van der Waals surface area contributed by atoms with Gasteiger partial charge >= 0.3 is 6.18 Å². The number of alkyl halides is 3. The van der Waals surface area contributed by atoms with E-state index in [1.54, 1.807) is 17.8 Å². The maximum atomic E-state index is 12.9. The zero-order valence-corrected chi connectivity index (χ0v) is 11.5. The lowest BCUT2D eigenvalue weighted by molar-refractivity contribution is -0.138. The van der Waals surface area contributed by atoms with Crippen molar-refractivity contribution in [2.24, 2.45) is 7.05 Å². The Bertz CT molecular complexity index is 615. The number of rotatable bonds is 3. The maximum absolute atomic E-state index is 12.9. The van der Waals surface area contributed by atoms with Crippen LogP contribution in [0.3, 0.4) is 0 Å². The second-order valence-corrected chi connectivity index (χ2v) is 4.68. The van der Waals surface area contributed by atoms with Crippen LogP contribution >= 0.6 is 0 Å². The minimum atomic E-state index is -4.34. The topological polar surface area (TPSA) is 29.9 Å². The number of halogens is 3. The summed E-state index contributed by atoms with van der Waals surface area (Å²) in [5, 5.41) is 7.27. The van der Waals surface area contributed by atoms with E-state index in [1.165, 1.54) is 12.1 Å². The third-order valence-corrected chi connectivity index (χ3v) is 3.29. The molecular formula is C14H16F3N3. The second-order valence-electron chi connectivity index (χ2n) is 4.68. The first-order valence-corrected chi connectivity index (χ1v) is 6.20. The van der Waals surface area contributed by atoms with E-state index in [2.05, 4.69) is 10.4 Å². The molecule has 0 spiro atoms. The Labute approximate surface area is 115 Å². The molecule has 0 atom stereocenters. The number of anilines is 1. The summed E-state index contributed by atoms with van der Waals surface area (Å²) in [5.41, 5.74) is 2.07. The molecule has 2 rings (SSSR count). The summed E-state index contributed by atoms with van der Waals surface area (Å²) in [6, 6.07) is 5.58. The summed E-state index contributed by atoms with van der Waals surface area (Å²) in [7, 11) is 1.80. The summed E-state index contributed by atoms with van der Waals surface area (Å²) >= 11 is 0. The quantitative estimate of drug-likeness (QED) is 0.931. The highest BCUT2D eigenvalue weighted by atomic mass is 19.4. The highest BCUT2D eigenvalue weighted by Gasteiger charge is 2.32. The molecule has 6 heteroatoms. The van der Waals surface area contributed by atoms with Crippen molar-refractivity contribution in [3.8, 4) is 0 Å². The molecule has 0 saturated heterocycles. The normalized spacial score (nSPS) is 11.7. The van der Waals surface area contributed by atoms with E-state index in [1.807, 2.05) is 13.8 Å². The first-order chi connectivity index (χ1) is 9.30. The van der Waals surface area contributed by atoms with Crippen molar-refractivity contribution in [2.45, 2.75) is 26.6 Å². The fraction of sp³-hybridized carbons (Fsp3) is 0.357. The van der Waals surface area contributed by atoms with Crippen LogP contribution in [0.25, 0.3) is 0 Å². The molecular weight excluding hydrogens is 267 g/mol. The fourth-order valence-corrected chi connectivity index (χ4v) is 2.16. The summed E-state index contributed by atoms with van der Waals surface area (Å²) in [6.45, 7) is 3.81. The Hall–Kier alpha value is -1.98. The molecule has 1 N–H and O–H groups in total. The smallest absolute Gasteiger partial charge is 0.378 e. The summed E-state index contributed by atoms with van der Waals surface area (Å²) in [4.78, 5) is 0. The number of hydrogen-bond donors (Lipinski definition) is 1. The van der Waals surface area contributed by atoms with Gasteiger partial charge in [0.1, 0.15) is 0 Å². The number of nitrogens with zero attached hydrogens (tertiary/aromatic N) is 2. The summed E-state index contributed by atoms with van der Waals surface area (Å²) < 4.78 is 40.4. The van der Waals surface area contributed by atoms with Crippen molar-refractivity contribution in [2.75, 3.05) is 5.32 Å². The number of nitrogens with one attached hydrogen (secondary N) is 1. The molecule has 0 saturated carbocycles. The standard InChI is InChI=1S/C14H16F3N3/c1-9-13(10(2)20(3)19-9)18-8-11-6-4-5-7-12(11)14(15,16)17/h4-7,18H,8H2,1-3H3. The molecule has 1 aromatic carbocycles. The van der Waals surface area contributed by atoms with Gasteiger partial charge in [0, 0.05) is 13.6 Å². The van der Waals surface area contributed by atoms with Gasteiger partial charge in [-0.25, -0.2) is 0 Å². The molecule has 0 unspecified atom stereocenters. The van der Waals surface area contributed by atoms with Crippen LogP contribution in [0.4, 0.5) is 18.9 Å². The van der Waals surface area contributed by atoms with Gasteiger partial charge in [-0.15, -0.1) is 0 Å². The first kappa shape index (κ1) is 14.4. The molecule has 0 radical (unpaired) electrons. The Morgan fingerprint density at radius 1 is 1.20 bits per heavy atom. The molecule has 0 bridgehead atoms.